The minimum atomic E-state index is -0.504. The molecule has 0 aliphatic heterocycles. The highest BCUT2D eigenvalue weighted by molar-refractivity contribution is 6.06. The van der Waals surface area contributed by atoms with Gasteiger partial charge in [0.2, 0.25) is 0 Å². The zero-order chi connectivity index (χ0) is 17.4. The molecule has 124 valence electrons. The van der Waals surface area contributed by atoms with E-state index in [1.54, 1.807) is 0 Å². The van der Waals surface area contributed by atoms with Crippen LogP contribution in [0.1, 0.15) is 50.9 Å². The summed E-state index contributed by atoms with van der Waals surface area (Å²) < 4.78 is 0. The van der Waals surface area contributed by atoms with Crippen molar-refractivity contribution in [1.29, 1.82) is 0 Å². The monoisotopic (exact) mass is 324 g/mol. The lowest BCUT2D eigenvalue weighted by Crippen LogP contribution is -2.29. The van der Waals surface area contributed by atoms with Crippen LogP contribution < -0.4 is 10.9 Å². The number of fused-ring (bicyclic) bond motifs is 1. The molecule has 2 aromatic rings. The standard InChI is InChI=1S/C19H20N2O3/c1-10-4-11(2)6-13(5-10)20-18(23)15-9-14-16(21-19(15)24)7-12(3)8-17(14)22/h4-6,9,12H,7-8H2,1-3H3,(H,20,23)(H,21,24). The molecule has 1 aliphatic rings. The number of Topliss-reactive ketones (excluding diaryl/α,β-unsaturated/α-hetero) is 1. The maximum absolute atomic E-state index is 12.5. The first-order valence-electron chi connectivity index (χ1n) is 8.02. The van der Waals surface area contributed by atoms with Crippen LogP contribution >= 0.6 is 0 Å². The summed E-state index contributed by atoms with van der Waals surface area (Å²) in [5, 5.41) is 2.74. The number of aryl methyl sites for hydroxylation is 2. The molecule has 0 radical (unpaired) electrons. The molecule has 24 heavy (non-hydrogen) atoms. The Hall–Kier alpha value is -2.69. The lowest BCUT2D eigenvalue weighted by atomic mass is 9.86. The van der Waals surface area contributed by atoms with Crippen LogP contribution in [0.4, 0.5) is 5.69 Å². The quantitative estimate of drug-likeness (QED) is 0.891. The van der Waals surface area contributed by atoms with Crippen LogP contribution in [0.2, 0.25) is 0 Å². The van der Waals surface area contributed by atoms with Crippen molar-refractivity contribution in [3.63, 3.8) is 0 Å². The van der Waals surface area contributed by atoms with Gasteiger partial charge >= 0.3 is 0 Å². The van der Waals surface area contributed by atoms with Gasteiger partial charge < -0.3 is 10.3 Å². The molecule has 1 amide bonds. The van der Waals surface area contributed by atoms with Crippen LogP contribution in [0.25, 0.3) is 0 Å². The molecule has 0 saturated carbocycles. The first-order chi connectivity index (χ1) is 11.3. The van der Waals surface area contributed by atoms with E-state index in [1.807, 2.05) is 39.0 Å². The van der Waals surface area contributed by atoms with Crippen molar-refractivity contribution in [3.05, 3.63) is 62.6 Å². The third-order valence-corrected chi connectivity index (χ3v) is 4.23. The number of carbonyl (C=O) groups excluding carboxylic acids is 2. The van der Waals surface area contributed by atoms with Crippen molar-refractivity contribution in [3.8, 4) is 0 Å². The molecule has 1 atom stereocenters. The Labute approximate surface area is 140 Å². The SMILES string of the molecule is Cc1cc(C)cc(NC(=O)c2cc3c([nH]c2=O)CC(C)CC3=O)c1. The molecular weight excluding hydrogens is 304 g/mol. The predicted molar refractivity (Wildman–Crippen MR) is 92.7 cm³/mol. The van der Waals surface area contributed by atoms with E-state index in [9.17, 15) is 14.4 Å². The molecule has 3 rings (SSSR count). The zero-order valence-corrected chi connectivity index (χ0v) is 14.0. The molecule has 1 aromatic heterocycles. The number of amides is 1. The Morgan fingerprint density at radius 3 is 2.42 bits per heavy atom. The molecule has 1 aromatic carbocycles. The maximum Gasteiger partial charge on any atom is 0.261 e. The number of rotatable bonds is 2. The molecule has 0 saturated heterocycles. The number of ketones is 1. The first kappa shape index (κ1) is 16.2. The summed E-state index contributed by atoms with van der Waals surface area (Å²) in [6, 6.07) is 7.11. The molecule has 5 heteroatoms. The summed E-state index contributed by atoms with van der Waals surface area (Å²) in [6.07, 6.45) is 1.09. The van der Waals surface area contributed by atoms with Crippen molar-refractivity contribution in [1.82, 2.24) is 4.98 Å². The summed E-state index contributed by atoms with van der Waals surface area (Å²) in [5.74, 6) is -0.327. The van der Waals surface area contributed by atoms with E-state index in [1.165, 1.54) is 6.07 Å². The van der Waals surface area contributed by atoms with Crippen LogP contribution in [0, 0.1) is 19.8 Å². The predicted octanol–water partition coefficient (Wildman–Crippen LogP) is 3.01. The van der Waals surface area contributed by atoms with Gasteiger partial charge in [-0.25, -0.2) is 0 Å². The van der Waals surface area contributed by atoms with Crippen LogP contribution in [-0.2, 0) is 6.42 Å². The fourth-order valence-corrected chi connectivity index (χ4v) is 3.24. The van der Waals surface area contributed by atoms with Crippen molar-refractivity contribution in [2.24, 2.45) is 5.92 Å². The number of H-pyrrole nitrogens is 1. The number of aromatic nitrogens is 1. The largest absolute Gasteiger partial charge is 0.325 e. The zero-order valence-electron chi connectivity index (χ0n) is 14.0. The fourth-order valence-electron chi connectivity index (χ4n) is 3.24. The number of aromatic amines is 1. The third-order valence-electron chi connectivity index (χ3n) is 4.23. The van der Waals surface area contributed by atoms with Crippen molar-refractivity contribution in [2.75, 3.05) is 5.32 Å². The summed E-state index contributed by atoms with van der Waals surface area (Å²) in [6.45, 7) is 5.85. The summed E-state index contributed by atoms with van der Waals surface area (Å²) >= 11 is 0. The number of benzene rings is 1. The van der Waals surface area contributed by atoms with Gasteiger partial charge in [-0.1, -0.05) is 13.0 Å². The van der Waals surface area contributed by atoms with Crippen molar-refractivity contribution in [2.45, 2.75) is 33.6 Å². The van der Waals surface area contributed by atoms with Gasteiger partial charge in [-0.3, -0.25) is 14.4 Å². The number of hydrogen-bond acceptors (Lipinski definition) is 3. The number of nitrogens with one attached hydrogen (secondary N) is 2. The highest BCUT2D eigenvalue weighted by Crippen LogP contribution is 2.23. The van der Waals surface area contributed by atoms with Crippen molar-refractivity contribution < 1.29 is 9.59 Å². The van der Waals surface area contributed by atoms with Gasteiger partial charge in [0, 0.05) is 23.4 Å². The van der Waals surface area contributed by atoms with Crippen LogP contribution in [0.15, 0.2) is 29.1 Å². The average Bonchev–Trinajstić information content (AvgIpc) is 2.44. The molecule has 5 nitrogen and oxygen atoms in total. The highest BCUT2D eigenvalue weighted by Gasteiger charge is 2.25. The maximum atomic E-state index is 12.5. The summed E-state index contributed by atoms with van der Waals surface area (Å²) in [7, 11) is 0. The Kier molecular flexibility index (Phi) is 4.09. The lowest BCUT2D eigenvalue weighted by Gasteiger charge is -2.20. The van der Waals surface area contributed by atoms with E-state index in [2.05, 4.69) is 10.3 Å². The van der Waals surface area contributed by atoms with E-state index in [-0.39, 0.29) is 17.3 Å². The lowest BCUT2D eigenvalue weighted by molar-refractivity contribution is 0.0952. The average molecular weight is 324 g/mol. The Morgan fingerprint density at radius 1 is 1.08 bits per heavy atom. The second kappa shape index (κ2) is 6.07. The number of hydrogen-bond donors (Lipinski definition) is 2. The van der Waals surface area contributed by atoms with Gasteiger partial charge in [0.1, 0.15) is 5.56 Å². The Bertz CT molecular complexity index is 876. The number of pyridine rings is 1. The van der Waals surface area contributed by atoms with E-state index in [0.29, 0.717) is 29.8 Å². The second-order valence-electron chi connectivity index (χ2n) is 6.67. The van der Waals surface area contributed by atoms with Crippen LogP contribution in [0.5, 0.6) is 0 Å². The van der Waals surface area contributed by atoms with Gasteiger partial charge in [0.25, 0.3) is 11.5 Å². The van der Waals surface area contributed by atoms with E-state index in [0.717, 1.165) is 11.1 Å². The van der Waals surface area contributed by atoms with Gasteiger partial charge in [-0.15, -0.1) is 0 Å². The van der Waals surface area contributed by atoms with Gasteiger partial charge in [-0.05, 0) is 55.5 Å². The third kappa shape index (κ3) is 3.15. The van der Waals surface area contributed by atoms with Crippen LogP contribution in [-0.4, -0.2) is 16.7 Å². The molecule has 1 unspecified atom stereocenters. The van der Waals surface area contributed by atoms with E-state index < -0.39 is 11.5 Å². The molecule has 2 N–H and O–H groups in total. The van der Waals surface area contributed by atoms with Gasteiger partial charge in [-0.2, -0.15) is 0 Å². The molecule has 1 heterocycles. The smallest absolute Gasteiger partial charge is 0.261 e. The minimum Gasteiger partial charge on any atom is -0.325 e. The summed E-state index contributed by atoms with van der Waals surface area (Å²) in [4.78, 5) is 39.6. The van der Waals surface area contributed by atoms with E-state index >= 15 is 0 Å². The summed E-state index contributed by atoms with van der Waals surface area (Å²) in [5.41, 5.74) is 3.27. The highest BCUT2D eigenvalue weighted by atomic mass is 16.2. The number of carbonyl (C=O) groups is 2. The molecular formula is C19H20N2O3. The molecule has 0 fully saturated rings. The molecule has 0 spiro atoms. The van der Waals surface area contributed by atoms with Gasteiger partial charge in [0.15, 0.2) is 5.78 Å². The number of anilines is 1. The first-order valence-corrected chi connectivity index (χ1v) is 8.02. The Balaban J connectivity index is 1.94. The molecule has 1 aliphatic carbocycles. The minimum absolute atomic E-state index is 0.0274. The van der Waals surface area contributed by atoms with Gasteiger partial charge in [0.05, 0.1) is 0 Å². The fraction of sp³-hybridized carbons (Fsp3) is 0.316. The van der Waals surface area contributed by atoms with Crippen molar-refractivity contribution >= 4 is 17.4 Å². The molecule has 0 bridgehead atoms. The topological polar surface area (TPSA) is 79.0 Å². The second-order valence-corrected chi connectivity index (χ2v) is 6.67. The van der Waals surface area contributed by atoms with Crippen LogP contribution in [0.3, 0.4) is 0 Å². The normalized spacial score (nSPS) is 16.6. The Morgan fingerprint density at radius 2 is 1.75 bits per heavy atom. The van der Waals surface area contributed by atoms with E-state index in [4.69, 9.17) is 0 Å².